The van der Waals surface area contributed by atoms with E-state index in [-0.39, 0.29) is 18.0 Å². The first kappa shape index (κ1) is 15.7. The normalized spacial score (nSPS) is 37.2. The van der Waals surface area contributed by atoms with E-state index in [0.29, 0.717) is 44.8 Å². The average molecular weight is 285 g/mol. The number of nitrogens with one attached hydrogen (secondary N) is 1. The lowest BCUT2D eigenvalue weighted by atomic mass is 9.78. The number of rotatable bonds is 6. The average Bonchev–Trinajstić information content (AvgIpc) is 2.37. The van der Waals surface area contributed by atoms with E-state index in [2.05, 4.69) is 5.32 Å². The van der Waals surface area contributed by atoms with Crippen molar-refractivity contribution in [3.8, 4) is 0 Å². The second-order valence-electron chi connectivity index (χ2n) is 6.37. The third-order valence-electron chi connectivity index (χ3n) is 4.63. The second kappa shape index (κ2) is 6.87. The number of hydrogen-bond acceptors (Lipinski definition) is 5. The lowest BCUT2D eigenvalue weighted by Crippen LogP contribution is -2.47. The summed E-state index contributed by atoms with van der Waals surface area (Å²) in [6.45, 7) is 3.68. The number of ether oxygens (including phenoxy) is 1. The zero-order chi connectivity index (χ0) is 14.6. The first-order valence-corrected chi connectivity index (χ1v) is 7.80. The van der Waals surface area contributed by atoms with Gasteiger partial charge in [0.25, 0.3) is 0 Å². The summed E-state index contributed by atoms with van der Waals surface area (Å²) in [6.07, 6.45) is 4.34. The fourth-order valence-corrected chi connectivity index (χ4v) is 3.20. The molecule has 0 spiro atoms. The van der Waals surface area contributed by atoms with Crippen molar-refractivity contribution in [1.29, 1.82) is 0 Å². The molecule has 0 unspecified atom stereocenters. The Hall–Kier alpha value is -0.650. The quantitative estimate of drug-likeness (QED) is 0.630. The molecule has 2 aliphatic rings. The Morgan fingerprint density at radius 1 is 1.35 bits per heavy atom. The van der Waals surface area contributed by atoms with Crippen molar-refractivity contribution in [3.63, 3.8) is 0 Å². The summed E-state index contributed by atoms with van der Waals surface area (Å²) >= 11 is 0. The molecule has 0 aromatic carbocycles. The standard InChI is InChI=1S/C15H27NO4/c1-2-20-14(18)12-3-5-15(19,6-4-12)10-16-9-11-7-13(17)8-11/h11-13,16-17,19H,2-10H2,1H3. The van der Waals surface area contributed by atoms with Crippen molar-refractivity contribution in [3.05, 3.63) is 0 Å². The highest BCUT2D eigenvalue weighted by atomic mass is 16.5. The number of hydrogen-bond donors (Lipinski definition) is 3. The van der Waals surface area contributed by atoms with Gasteiger partial charge >= 0.3 is 5.97 Å². The van der Waals surface area contributed by atoms with Gasteiger partial charge in [-0.2, -0.15) is 0 Å². The van der Waals surface area contributed by atoms with Crippen LogP contribution in [0.25, 0.3) is 0 Å². The van der Waals surface area contributed by atoms with E-state index in [9.17, 15) is 15.0 Å². The number of esters is 1. The van der Waals surface area contributed by atoms with Crippen LogP contribution in [0.4, 0.5) is 0 Å². The first-order valence-electron chi connectivity index (χ1n) is 7.80. The van der Waals surface area contributed by atoms with Crippen LogP contribution < -0.4 is 5.32 Å². The van der Waals surface area contributed by atoms with Gasteiger partial charge in [0.15, 0.2) is 0 Å². The van der Waals surface area contributed by atoms with E-state index in [0.717, 1.165) is 19.4 Å². The van der Waals surface area contributed by atoms with Crippen LogP contribution in [0.2, 0.25) is 0 Å². The molecule has 0 aliphatic heterocycles. The molecular weight excluding hydrogens is 258 g/mol. The Kier molecular flexibility index (Phi) is 5.41. The molecule has 2 rings (SSSR count). The molecule has 0 atom stereocenters. The second-order valence-corrected chi connectivity index (χ2v) is 6.37. The molecule has 5 heteroatoms. The summed E-state index contributed by atoms with van der Waals surface area (Å²) in [6, 6.07) is 0. The van der Waals surface area contributed by atoms with Crippen LogP contribution in [0, 0.1) is 11.8 Å². The van der Waals surface area contributed by atoms with E-state index in [1.54, 1.807) is 0 Å². The van der Waals surface area contributed by atoms with Gasteiger partial charge in [-0.05, 0) is 57.9 Å². The number of aliphatic hydroxyl groups is 2. The van der Waals surface area contributed by atoms with Crippen molar-refractivity contribution in [2.45, 2.75) is 57.2 Å². The summed E-state index contributed by atoms with van der Waals surface area (Å²) < 4.78 is 5.03. The number of aliphatic hydroxyl groups excluding tert-OH is 1. The molecule has 2 aliphatic carbocycles. The molecule has 0 bridgehead atoms. The Bertz CT molecular complexity index is 320. The summed E-state index contributed by atoms with van der Waals surface area (Å²) in [7, 11) is 0. The van der Waals surface area contributed by atoms with Crippen LogP contribution in [0.15, 0.2) is 0 Å². The summed E-state index contributed by atoms with van der Waals surface area (Å²) in [5.41, 5.74) is -0.689. The molecule has 0 radical (unpaired) electrons. The predicted molar refractivity (Wildman–Crippen MR) is 75.1 cm³/mol. The molecule has 0 amide bonds. The third-order valence-corrected chi connectivity index (χ3v) is 4.63. The van der Waals surface area contributed by atoms with Crippen molar-refractivity contribution in [2.24, 2.45) is 11.8 Å². The van der Waals surface area contributed by atoms with E-state index in [4.69, 9.17) is 4.74 Å². The van der Waals surface area contributed by atoms with Gasteiger partial charge in [-0.3, -0.25) is 4.79 Å². The van der Waals surface area contributed by atoms with Crippen molar-refractivity contribution in [1.82, 2.24) is 5.32 Å². The number of carbonyl (C=O) groups excluding carboxylic acids is 1. The highest BCUT2D eigenvalue weighted by Crippen LogP contribution is 2.33. The molecule has 3 N–H and O–H groups in total. The topological polar surface area (TPSA) is 78.8 Å². The minimum Gasteiger partial charge on any atom is -0.466 e. The summed E-state index contributed by atoms with van der Waals surface area (Å²) in [5, 5.41) is 23.0. The van der Waals surface area contributed by atoms with Gasteiger partial charge in [0, 0.05) is 6.54 Å². The molecule has 2 fully saturated rings. The highest BCUT2D eigenvalue weighted by molar-refractivity contribution is 5.72. The minimum absolute atomic E-state index is 0.0444. The van der Waals surface area contributed by atoms with Gasteiger partial charge in [0.05, 0.1) is 24.2 Å². The van der Waals surface area contributed by atoms with Gasteiger partial charge < -0.3 is 20.3 Å². The highest BCUT2D eigenvalue weighted by Gasteiger charge is 2.36. The largest absolute Gasteiger partial charge is 0.466 e. The molecule has 0 heterocycles. The molecule has 5 nitrogen and oxygen atoms in total. The first-order chi connectivity index (χ1) is 9.52. The molecule has 0 aromatic heterocycles. The predicted octanol–water partition coefficient (Wildman–Crippen LogP) is 0.831. The van der Waals surface area contributed by atoms with Crippen LogP contribution in [0.3, 0.4) is 0 Å². The fraction of sp³-hybridized carbons (Fsp3) is 0.933. The van der Waals surface area contributed by atoms with Crippen molar-refractivity contribution in [2.75, 3.05) is 19.7 Å². The smallest absolute Gasteiger partial charge is 0.308 e. The molecule has 20 heavy (non-hydrogen) atoms. The van der Waals surface area contributed by atoms with E-state index in [1.165, 1.54) is 0 Å². The van der Waals surface area contributed by atoms with Crippen LogP contribution in [-0.2, 0) is 9.53 Å². The van der Waals surface area contributed by atoms with Gasteiger partial charge in [-0.15, -0.1) is 0 Å². The van der Waals surface area contributed by atoms with Gasteiger partial charge in [0.1, 0.15) is 0 Å². The van der Waals surface area contributed by atoms with E-state index in [1.807, 2.05) is 6.92 Å². The van der Waals surface area contributed by atoms with E-state index < -0.39 is 5.60 Å². The van der Waals surface area contributed by atoms with Crippen molar-refractivity contribution < 1.29 is 19.7 Å². The number of carbonyl (C=O) groups is 1. The maximum absolute atomic E-state index is 11.6. The Balaban J connectivity index is 1.64. The van der Waals surface area contributed by atoms with Gasteiger partial charge in [-0.25, -0.2) is 0 Å². The molecular formula is C15H27NO4. The monoisotopic (exact) mass is 285 g/mol. The Morgan fingerprint density at radius 3 is 2.55 bits per heavy atom. The van der Waals surface area contributed by atoms with Crippen LogP contribution >= 0.6 is 0 Å². The SMILES string of the molecule is CCOC(=O)C1CCC(O)(CNCC2CC(O)C2)CC1. The van der Waals surface area contributed by atoms with Gasteiger partial charge in [0.2, 0.25) is 0 Å². The van der Waals surface area contributed by atoms with Crippen LogP contribution in [-0.4, -0.2) is 47.6 Å². The Morgan fingerprint density at radius 2 is 2.00 bits per heavy atom. The molecule has 0 aromatic rings. The maximum atomic E-state index is 11.6. The van der Waals surface area contributed by atoms with Crippen LogP contribution in [0.5, 0.6) is 0 Å². The Labute approximate surface area is 120 Å². The van der Waals surface area contributed by atoms with Crippen LogP contribution in [0.1, 0.15) is 45.4 Å². The molecule has 0 saturated heterocycles. The van der Waals surface area contributed by atoms with E-state index >= 15 is 0 Å². The maximum Gasteiger partial charge on any atom is 0.308 e. The summed E-state index contributed by atoms with van der Waals surface area (Å²) in [4.78, 5) is 11.6. The lowest BCUT2D eigenvalue weighted by Gasteiger charge is -2.37. The van der Waals surface area contributed by atoms with Crippen molar-refractivity contribution >= 4 is 5.97 Å². The molecule has 2 saturated carbocycles. The minimum atomic E-state index is -0.689. The zero-order valence-corrected chi connectivity index (χ0v) is 12.3. The zero-order valence-electron chi connectivity index (χ0n) is 12.3. The third kappa shape index (κ3) is 4.17. The fourth-order valence-electron chi connectivity index (χ4n) is 3.20. The lowest BCUT2D eigenvalue weighted by molar-refractivity contribution is -0.151. The molecule has 116 valence electrons. The summed E-state index contributed by atoms with van der Waals surface area (Å²) in [5.74, 6) is 0.382. The van der Waals surface area contributed by atoms with Gasteiger partial charge in [-0.1, -0.05) is 0 Å².